The highest BCUT2D eigenvalue weighted by Crippen LogP contribution is 2.25. The van der Waals surface area contributed by atoms with Crippen molar-refractivity contribution in [2.45, 2.75) is 32.9 Å². The molecule has 3 nitrogen and oxygen atoms in total. The number of hydrogen-bond acceptors (Lipinski definition) is 2. The zero-order valence-electron chi connectivity index (χ0n) is 10.7. The van der Waals surface area contributed by atoms with E-state index in [1.165, 1.54) is 6.07 Å². The summed E-state index contributed by atoms with van der Waals surface area (Å²) in [7, 11) is 1.88. The Morgan fingerprint density at radius 3 is 2.71 bits per heavy atom. The Balaban J connectivity index is 2.77. The maximum Gasteiger partial charge on any atom is 0.151 e. The van der Waals surface area contributed by atoms with E-state index in [-0.39, 0.29) is 11.4 Å². The van der Waals surface area contributed by atoms with Gasteiger partial charge in [0.25, 0.3) is 0 Å². The first-order valence-electron chi connectivity index (χ1n) is 5.85. The van der Waals surface area contributed by atoms with Gasteiger partial charge in [-0.05, 0) is 40.0 Å². The molecule has 2 aromatic rings. The number of fused-ring (bicyclic) bond motifs is 1. The van der Waals surface area contributed by atoms with Crippen molar-refractivity contribution in [3.63, 3.8) is 0 Å². The van der Waals surface area contributed by atoms with Crippen LogP contribution in [0.3, 0.4) is 0 Å². The van der Waals surface area contributed by atoms with Crippen LogP contribution in [0.1, 0.15) is 26.6 Å². The van der Waals surface area contributed by atoms with Crippen LogP contribution in [-0.2, 0) is 12.1 Å². The van der Waals surface area contributed by atoms with Gasteiger partial charge in [-0.3, -0.25) is 0 Å². The Morgan fingerprint density at radius 1 is 1.41 bits per heavy atom. The third kappa shape index (κ3) is 1.82. The maximum absolute atomic E-state index is 13.7. The summed E-state index contributed by atoms with van der Waals surface area (Å²) in [5.41, 5.74) is 1.03. The van der Waals surface area contributed by atoms with Crippen LogP contribution in [0.2, 0.25) is 0 Å². The largest absolute Gasteiger partial charge is 0.327 e. The number of rotatable bonds is 3. The third-order valence-electron chi connectivity index (χ3n) is 3.23. The average molecular weight is 235 g/mol. The van der Waals surface area contributed by atoms with Gasteiger partial charge >= 0.3 is 0 Å². The number of benzene rings is 1. The second kappa shape index (κ2) is 4.11. The van der Waals surface area contributed by atoms with Gasteiger partial charge in [-0.15, -0.1) is 0 Å². The Labute approximate surface area is 101 Å². The summed E-state index contributed by atoms with van der Waals surface area (Å²) < 4.78 is 15.8. The number of halogens is 1. The van der Waals surface area contributed by atoms with E-state index in [1.807, 2.05) is 33.9 Å². The average Bonchev–Trinajstić information content (AvgIpc) is 2.69. The molecular weight excluding hydrogens is 217 g/mol. The van der Waals surface area contributed by atoms with E-state index < -0.39 is 0 Å². The van der Waals surface area contributed by atoms with E-state index in [0.717, 1.165) is 17.9 Å². The summed E-state index contributed by atoms with van der Waals surface area (Å²) in [5.74, 6) is 0.602. The van der Waals surface area contributed by atoms with Crippen LogP contribution in [0.4, 0.5) is 4.39 Å². The fourth-order valence-corrected chi connectivity index (χ4v) is 2.02. The van der Waals surface area contributed by atoms with Crippen LogP contribution in [-0.4, -0.2) is 16.6 Å². The number of aryl methyl sites for hydroxylation is 1. The van der Waals surface area contributed by atoms with E-state index in [1.54, 1.807) is 6.07 Å². The normalized spacial score (nSPS) is 12.3. The predicted octanol–water partition coefficient (Wildman–Crippen LogP) is 2.65. The molecule has 4 heteroatoms. The first kappa shape index (κ1) is 12.0. The molecule has 0 unspecified atom stereocenters. The molecule has 1 heterocycles. The second-order valence-electron chi connectivity index (χ2n) is 4.66. The zero-order chi connectivity index (χ0) is 12.6. The predicted molar refractivity (Wildman–Crippen MR) is 67.5 cm³/mol. The molecule has 92 valence electrons. The Kier molecular flexibility index (Phi) is 2.91. The fourth-order valence-electron chi connectivity index (χ4n) is 2.02. The van der Waals surface area contributed by atoms with Gasteiger partial charge in [0.2, 0.25) is 0 Å². The summed E-state index contributed by atoms with van der Waals surface area (Å²) in [5, 5.41) is 3.21. The Bertz CT molecular complexity index is 543. The van der Waals surface area contributed by atoms with E-state index in [0.29, 0.717) is 5.52 Å². The molecular formula is C13H18FN3. The molecule has 0 amide bonds. The lowest BCUT2D eigenvalue weighted by Gasteiger charge is -2.24. The van der Waals surface area contributed by atoms with Crippen molar-refractivity contribution in [3.8, 4) is 0 Å². The van der Waals surface area contributed by atoms with E-state index in [2.05, 4.69) is 14.9 Å². The smallest absolute Gasteiger partial charge is 0.151 e. The van der Waals surface area contributed by atoms with Crippen molar-refractivity contribution in [1.29, 1.82) is 0 Å². The highest BCUT2D eigenvalue weighted by Gasteiger charge is 2.26. The van der Waals surface area contributed by atoms with Gasteiger partial charge in [-0.2, -0.15) is 0 Å². The van der Waals surface area contributed by atoms with Gasteiger partial charge in [0, 0.05) is 6.54 Å². The van der Waals surface area contributed by atoms with Gasteiger partial charge < -0.3 is 9.88 Å². The molecule has 0 aliphatic rings. The molecule has 0 fully saturated rings. The molecule has 2 rings (SSSR count). The zero-order valence-corrected chi connectivity index (χ0v) is 10.7. The van der Waals surface area contributed by atoms with Crippen LogP contribution in [0, 0.1) is 5.82 Å². The van der Waals surface area contributed by atoms with Crippen molar-refractivity contribution in [1.82, 2.24) is 14.9 Å². The highest BCUT2D eigenvalue weighted by atomic mass is 19.1. The molecule has 0 atom stereocenters. The van der Waals surface area contributed by atoms with Gasteiger partial charge in [0.1, 0.15) is 11.3 Å². The lowest BCUT2D eigenvalue weighted by molar-refractivity contribution is 0.400. The monoisotopic (exact) mass is 235 g/mol. The first-order valence-corrected chi connectivity index (χ1v) is 5.85. The standard InChI is InChI=1S/C13H18FN3/c1-5-17-10-8-6-7-9(14)11(10)16-12(17)13(2,3)15-4/h6-8,15H,5H2,1-4H3. The minimum absolute atomic E-state index is 0.261. The molecule has 0 aliphatic heterocycles. The van der Waals surface area contributed by atoms with Crippen molar-refractivity contribution in [2.75, 3.05) is 7.05 Å². The Hall–Kier alpha value is -1.42. The van der Waals surface area contributed by atoms with Crippen molar-refractivity contribution in [2.24, 2.45) is 0 Å². The minimum atomic E-state index is -0.276. The van der Waals surface area contributed by atoms with E-state index >= 15 is 0 Å². The molecule has 0 saturated carbocycles. The summed E-state index contributed by atoms with van der Waals surface area (Å²) >= 11 is 0. The van der Waals surface area contributed by atoms with Gasteiger partial charge in [-0.1, -0.05) is 6.07 Å². The minimum Gasteiger partial charge on any atom is -0.327 e. The second-order valence-corrected chi connectivity index (χ2v) is 4.66. The lowest BCUT2D eigenvalue weighted by Crippen LogP contribution is -2.36. The molecule has 17 heavy (non-hydrogen) atoms. The van der Waals surface area contributed by atoms with Gasteiger partial charge in [0.05, 0.1) is 11.1 Å². The third-order valence-corrected chi connectivity index (χ3v) is 3.23. The summed E-state index contributed by atoms with van der Waals surface area (Å²) in [6.45, 7) is 6.90. The van der Waals surface area contributed by atoms with Crippen LogP contribution < -0.4 is 5.32 Å². The van der Waals surface area contributed by atoms with Crippen molar-refractivity contribution in [3.05, 3.63) is 29.8 Å². The van der Waals surface area contributed by atoms with Gasteiger partial charge in [0.15, 0.2) is 5.82 Å². The van der Waals surface area contributed by atoms with E-state index in [4.69, 9.17) is 0 Å². The van der Waals surface area contributed by atoms with Crippen molar-refractivity contribution < 1.29 is 4.39 Å². The fraction of sp³-hybridized carbons (Fsp3) is 0.462. The number of aromatic nitrogens is 2. The highest BCUT2D eigenvalue weighted by molar-refractivity contribution is 5.76. The molecule has 0 radical (unpaired) electrons. The maximum atomic E-state index is 13.7. The molecule has 1 aromatic carbocycles. The number of imidazole rings is 1. The van der Waals surface area contributed by atoms with Crippen LogP contribution in [0.5, 0.6) is 0 Å². The van der Waals surface area contributed by atoms with Gasteiger partial charge in [-0.25, -0.2) is 9.37 Å². The quantitative estimate of drug-likeness (QED) is 0.886. The summed E-state index contributed by atoms with van der Waals surface area (Å²) in [6.07, 6.45) is 0. The first-order chi connectivity index (χ1) is 8.01. The molecule has 0 spiro atoms. The summed E-state index contributed by atoms with van der Waals surface area (Å²) in [6, 6.07) is 5.08. The molecule has 1 aromatic heterocycles. The SMILES string of the molecule is CCn1c(C(C)(C)NC)nc2c(F)cccc21. The topological polar surface area (TPSA) is 29.9 Å². The number of nitrogens with one attached hydrogen (secondary N) is 1. The summed E-state index contributed by atoms with van der Waals surface area (Å²) in [4.78, 5) is 4.45. The van der Waals surface area contributed by atoms with Crippen LogP contribution >= 0.6 is 0 Å². The van der Waals surface area contributed by atoms with E-state index in [9.17, 15) is 4.39 Å². The van der Waals surface area contributed by atoms with Crippen LogP contribution in [0.25, 0.3) is 11.0 Å². The Morgan fingerprint density at radius 2 is 2.12 bits per heavy atom. The number of nitrogens with zero attached hydrogens (tertiary/aromatic N) is 2. The van der Waals surface area contributed by atoms with Crippen molar-refractivity contribution >= 4 is 11.0 Å². The van der Waals surface area contributed by atoms with Crippen LogP contribution in [0.15, 0.2) is 18.2 Å². The molecule has 1 N–H and O–H groups in total. The number of hydrogen-bond donors (Lipinski definition) is 1. The molecule has 0 aliphatic carbocycles. The lowest BCUT2D eigenvalue weighted by atomic mass is 10.1. The molecule has 0 bridgehead atoms. The number of para-hydroxylation sites is 1. The molecule has 0 saturated heterocycles.